The molecule has 0 radical (unpaired) electrons. The van der Waals surface area contributed by atoms with Crippen molar-refractivity contribution in [1.29, 1.82) is 0 Å². The summed E-state index contributed by atoms with van der Waals surface area (Å²) < 4.78 is 0. The van der Waals surface area contributed by atoms with Crippen molar-refractivity contribution in [3.8, 4) is 0 Å². The molecule has 0 atom stereocenters. The molecular formula is C10H11N. The van der Waals surface area contributed by atoms with Gasteiger partial charge >= 0.3 is 0 Å². The van der Waals surface area contributed by atoms with Crippen LogP contribution in [0.5, 0.6) is 0 Å². The van der Waals surface area contributed by atoms with Gasteiger partial charge in [-0.3, -0.25) is 4.99 Å². The summed E-state index contributed by atoms with van der Waals surface area (Å²) in [5.41, 5.74) is 3.88. The highest BCUT2D eigenvalue weighted by molar-refractivity contribution is 5.88. The van der Waals surface area contributed by atoms with Crippen molar-refractivity contribution >= 4 is 6.21 Å². The third kappa shape index (κ3) is 0.967. The van der Waals surface area contributed by atoms with Gasteiger partial charge in [0.2, 0.25) is 0 Å². The largest absolute Gasteiger partial charge is 0.256 e. The van der Waals surface area contributed by atoms with Crippen LogP contribution in [0.3, 0.4) is 0 Å². The Kier molecular flexibility index (Phi) is 1.50. The molecule has 0 aromatic heterocycles. The molecule has 0 saturated heterocycles. The van der Waals surface area contributed by atoms with Gasteiger partial charge < -0.3 is 0 Å². The molecule has 1 aliphatic carbocycles. The fourth-order valence-corrected chi connectivity index (χ4v) is 1.48. The fraction of sp³-hybridized carbons (Fsp3) is 0.300. The van der Waals surface area contributed by atoms with Gasteiger partial charge in [-0.2, -0.15) is 0 Å². The molecule has 1 aliphatic heterocycles. The molecule has 0 saturated carbocycles. The topological polar surface area (TPSA) is 12.4 Å². The van der Waals surface area contributed by atoms with Gasteiger partial charge in [0, 0.05) is 11.8 Å². The average Bonchev–Trinajstić information content (AvgIpc) is 2.53. The van der Waals surface area contributed by atoms with Crippen LogP contribution in [0.4, 0.5) is 0 Å². The Morgan fingerprint density at radius 3 is 3.18 bits per heavy atom. The molecule has 0 N–H and O–H groups in total. The first-order chi connectivity index (χ1) is 5.42. The Morgan fingerprint density at radius 1 is 1.45 bits per heavy atom. The van der Waals surface area contributed by atoms with E-state index in [0.717, 1.165) is 12.1 Å². The minimum absolute atomic E-state index is 1.15. The molecule has 2 rings (SSSR count). The molecule has 1 heteroatoms. The second-order valence-electron chi connectivity index (χ2n) is 2.86. The quantitative estimate of drug-likeness (QED) is 0.566. The Hall–Kier alpha value is -1.11. The van der Waals surface area contributed by atoms with E-state index in [1.165, 1.54) is 17.6 Å². The molecule has 0 unspecified atom stereocenters. The summed E-state index contributed by atoms with van der Waals surface area (Å²) in [5, 5.41) is 0. The lowest BCUT2D eigenvalue weighted by Crippen LogP contribution is -1.83. The monoisotopic (exact) mass is 145 g/mol. The summed E-state index contributed by atoms with van der Waals surface area (Å²) in [7, 11) is 0. The Labute approximate surface area is 66.8 Å². The molecule has 0 amide bonds. The maximum Gasteiger partial charge on any atom is 0.0705 e. The van der Waals surface area contributed by atoms with Crippen LogP contribution in [0.2, 0.25) is 0 Å². The van der Waals surface area contributed by atoms with E-state index >= 15 is 0 Å². The maximum absolute atomic E-state index is 4.30. The molecule has 1 heterocycles. The minimum atomic E-state index is 1.15. The summed E-state index contributed by atoms with van der Waals surface area (Å²) in [6.45, 7) is 2.20. The van der Waals surface area contributed by atoms with E-state index in [1.807, 2.05) is 6.21 Å². The highest BCUT2D eigenvalue weighted by atomic mass is 14.8. The molecule has 0 fully saturated rings. The number of hydrogen-bond acceptors (Lipinski definition) is 1. The lowest BCUT2D eigenvalue weighted by Gasteiger charge is -1.96. The smallest absolute Gasteiger partial charge is 0.0705 e. The summed E-state index contributed by atoms with van der Waals surface area (Å²) in [6.07, 6.45) is 10.6. The van der Waals surface area contributed by atoms with Gasteiger partial charge in [0.25, 0.3) is 0 Å². The summed E-state index contributed by atoms with van der Waals surface area (Å²) in [4.78, 5) is 4.30. The van der Waals surface area contributed by atoms with Crippen LogP contribution in [-0.4, -0.2) is 6.21 Å². The van der Waals surface area contributed by atoms with Gasteiger partial charge in [0.05, 0.1) is 5.70 Å². The second-order valence-corrected chi connectivity index (χ2v) is 2.86. The van der Waals surface area contributed by atoms with Crippen LogP contribution in [0.25, 0.3) is 0 Å². The number of allylic oxidation sites excluding steroid dienone is 4. The molecule has 11 heavy (non-hydrogen) atoms. The number of rotatable bonds is 2. The van der Waals surface area contributed by atoms with E-state index in [1.54, 1.807) is 0 Å². The van der Waals surface area contributed by atoms with Crippen molar-refractivity contribution in [2.45, 2.75) is 19.8 Å². The summed E-state index contributed by atoms with van der Waals surface area (Å²) in [5.74, 6) is 0. The number of nitrogens with zero attached hydrogens (tertiary/aromatic N) is 1. The number of aliphatic imine (C=N–C) groups is 1. The Morgan fingerprint density at radius 2 is 2.36 bits per heavy atom. The SMILES string of the molecule is CCCC1=C2C=CC=C2N=C1. The maximum atomic E-state index is 4.30. The van der Waals surface area contributed by atoms with E-state index < -0.39 is 0 Å². The molecular weight excluding hydrogens is 134 g/mol. The zero-order chi connectivity index (χ0) is 7.68. The lowest BCUT2D eigenvalue weighted by atomic mass is 10.1. The Bertz CT molecular complexity index is 290. The molecule has 0 bridgehead atoms. The standard InChI is InChI=1S/C10H11N/c1-2-4-8-7-11-10-6-3-5-9(8)10/h3,5-7H,2,4H2,1H3. The molecule has 56 valence electrons. The van der Waals surface area contributed by atoms with Crippen LogP contribution >= 0.6 is 0 Å². The minimum Gasteiger partial charge on any atom is -0.256 e. The third-order valence-electron chi connectivity index (χ3n) is 2.02. The Balaban J connectivity index is 2.32. The first-order valence-electron chi connectivity index (χ1n) is 4.08. The molecule has 0 aromatic carbocycles. The highest BCUT2D eigenvalue weighted by Crippen LogP contribution is 2.29. The van der Waals surface area contributed by atoms with Crippen LogP contribution in [-0.2, 0) is 0 Å². The van der Waals surface area contributed by atoms with E-state index in [9.17, 15) is 0 Å². The van der Waals surface area contributed by atoms with Gasteiger partial charge in [-0.25, -0.2) is 0 Å². The van der Waals surface area contributed by atoms with Crippen molar-refractivity contribution in [3.05, 3.63) is 35.1 Å². The number of fused-ring (bicyclic) bond motifs is 1. The third-order valence-corrected chi connectivity index (χ3v) is 2.02. The molecule has 2 aliphatic rings. The second kappa shape index (κ2) is 2.50. The number of hydrogen-bond donors (Lipinski definition) is 0. The lowest BCUT2D eigenvalue weighted by molar-refractivity contribution is 0.937. The van der Waals surface area contributed by atoms with Crippen molar-refractivity contribution in [3.63, 3.8) is 0 Å². The molecule has 0 aromatic rings. The van der Waals surface area contributed by atoms with Crippen molar-refractivity contribution in [2.75, 3.05) is 0 Å². The highest BCUT2D eigenvalue weighted by Gasteiger charge is 2.14. The first-order valence-corrected chi connectivity index (χ1v) is 4.08. The van der Waals surface area contributed by atoms with Gasteiger partial charge in [-0.15, -0.1) is 0 Å². The molecule has 1 nitrogen and oxygen atoms in total. The molecule has 0 spiro atoms. The first kappa shape index (κ1) is 6.59. The van der Waals surface area contributed by atoms with Crippen LogP contribution in [0, 0.1) is 0 Å². The fourth-order valence-electron chi connectivity index (χ4n) is 1.48. The zero-order valence-electron chi connectivity index (χ0n) is 6.67. The van der Waals surface area contributed by atoms with E-state index in [2.05, 4.69) is 30.1 Å². The average molecular weight is 145 g/mol. The predicted molar refractivity (Wildman–Crippen MR) is 47.6 cm³/mol. The van der Waals surface area contributed by atoms with Gasteiger partial charge in [-0.05, 0) is 18.1 Å². The van der Waals surface area contributed by atoms with Crippen LogP contribution < -0.4 is 0 Å². The van der Waals surface area contributed by atoms with Crippen LogP contribution in [0.15, 0.2) is 40.1 Å². The van der Waals surface area contributed by atoms with E-state index in [4.69, 9.17) is 0 Å². The van der Waals surface area contributed by atoms with Crippen molar-refractivity contribution in [2.24, 2.45) is 4.99 Å². The van der Waals surface area contributed by atoms with Crippen molar-refractivity contribution < 1.29 is 0 Å². The van der Waals surface area contributed by atoms with Gasteiger partial charge in [0.1, 0.15) is 0 Å². The van der Waals surface area contributed by atoms with E-state index in [-0.39, 0.29) is 0 Å². The summed E-state index contributed by atoms with van der Waals surface area (Å²) >= 11 is 0. The van der Waals surface area contributed by atoms with Crippen LogP contribution in [0.1, 0.15) is 19.8 Å². The summed E-state index contributed by atoms with van der Waals surface area (Å²) in [6, 6.07) is 0. The normalized spacial score (nSPS) is 19.5. The zero-order valence-corrected chi connectivity index (χ0v) is 6.67. The van der Waals surface area contributed by atoms with Gasteiger partial charge in [-0.1, -0.05) is 25.5 Å². The predicted octanol–water partition coefficient (Wildman–Crippen LogP) is 2.62. The van der Waals surface area contributed by atoms with E-state index in [0.29, 0.717) is 0 Å². The van der Waals surface area contributed by atoms with Gasteiger partial charge in [0.15, 0.2) is 0 Å². The van der Waals surface area contributed by atoms with Crippen molar-refractivity contribution in [1.82, 2.24) is 0 Å².